The molecule has 0 aromatic carbocycles. The summed E-state index contributed by atoms with van der Waals surface area (Å²) in [6, 6.07) is 0. The lowest BCUT2D eigenvalue weighted by Gasteiger charge is -2.35. The molecule has 2 fully saturated rings. The van der Waals surface area contributed by atoms with E-state index in [0.29, 0.717) is 26.2 Å². The highest BCUT2D eigenvalue weighted by atomic mass is 16.5. The number of rotatable bonds is 6. The van der Waals surface area contributed by atoms with Crippen LogP contribution >= 0.6 is 0 Å². The number of nitrogens with one attached hydrogen (secondary N) is 1. The van der Waals surface area contributed by atoms with Crippen molar-refractivity contribution in [2.24, 2.45) is 0 Å². The van der Waals surface area contributed by atoms with Gasteiger partial charge in [0.05, 0.1) is 13.2 Å². The molecule has 148 valence electrons. The van der Waals surface area contributed by atoms with Crippen LogP contribution in [0.3, 0.4) is 0 Å². The van der Waals surface area contributed by atoms with E-state index in [4.69, 9.17) is 4.74 Å². The normalized spacial score (nSPS) is 19.0. The number of piperazine rings is 1. The molecule has 0 bridgehead atoms. The Balaban J connectivity index is 1.64. The fourth-order valence-electron chi connectivity index (χ4n) is 3.38. The second-order valence-electron chi connectivity index (χ2n) is 6.85. The van der Waals surface area contributed by atoms with Crippen molar-refractivity contribution in [3.8, 4) is 0 Å². The molecule has 1 N–H and O–H groups in total. The van der Waals surface area contributed by atoms with Gasteiger partial charge in [-0.1, -0.05) is 12.8 Å². The Morgan fingerprint density at radius 2 is 1.46 bits per heavy atom. The lowest BCUT2D eigenvalue weighted by molar-refractivity contribution is -0.135. The quantitative estimate of drug-likeness (QED) is 0.745. The zero-order valence-corrected chi connectivity index (χ0v) is 15.9. The first-order chi connectivity index (χ1) is 12.6. The number of hydrogen-bond acceptors (Lipinski definition) is 5. The van der Waals surface area contributed by atoms with Gasteiger partial charge < -0.3 is 19.9 Å². The molecule has 2 aliphatic rings. The van der Waals surface area contributed by atoms with Crippen LogP contribution in [-0.4, -0.2) is 91.6 Å². The van der Waals surface area contributed by atoms with Gasteiger partial charge in [-0.15, -0.1) is 0 Å². The lowest BCUT2D eigenvalue weighted by atomic mass is 10.2. The van der Waals surface area contributed by atoms with Crippen molar-refractivity contribution in [3.63, 3.8) is 0 Å². The van der Waals surface area contributed by atoms with E-state index in [1.165, 1.54) is 12.8 Å². The second-order valence-corrected chi connectivity index (χ2v) is 6.85. The Kier molecular flexibility index (Phi) is 8.67. The summed E-state index contributed by atoms with van der Waals surface area (Å²) >= 11 is 0. The number of ether oxygens (including phenoxy) is 1. The summed E-state index contributed by atoms with van der Waals surface area (Å²) in [7, 11) is 0. The molecule has 0 aromatic rings. The van der Waals surface area contributed by atoms with Gasteiger partial charge in [0.1, 0.15) is 0 Å². The van der Waals surface area contributed by atoms with Gasteiger partial charge in [-0.3, -0.25) is 14.5 Å². The molecule has 0 aliphatic carbocycles. The Morgan fingerprint density at radius 1 is 0.846 bits per heavy atom. The molecule has 2 aliphatic heterocycles. The molecule has 8 heteroatoms. The molecule has 3 amide bonds. The van der Waals surface area contributed by atoms with Gasteiger partial charge in [0.15, 0.2) is 0 Å². The maximum atomic E-state index is 12.4. The van der Waals surface area contributed by atoms with Crippen molar-refractivity contribution >= 4 is 17.9 Å². The Morgan fingerprint density at radius 3 is 2.08 bits per heavy atom. The summed E-state index contributed by atoms with van der Waals surface area (Å²) in [6.45, 7) is 7.25. The summed E-state index contributed by atoms with van der Waals surface area (Å²) in [5, 5.41) is 2.56. The van der Waals surface area contributed by atoms with E-state index in [0.717, 1.165) is 39.0 Å². The summed E-state index contributed by atoms with van der Waals surface area (Å²) in [5.74, 6) is 0.241. The topological polar surface area (TPSA) is 82.2 Å². The first-order valence-electron chi connectivity index (χ1n) is 9.78. The van der Waals surface area contributed by atoms with Gasteiger partial charge in [0.2, 0.25) is 11.8 Å². The number of amides is 3. The Bertz CT molecular complexity index is 470. The molecule has 0 saturated carbocycles. The SMILES string of the molecule is CCOC(=O)NCCC(=O)N1CCN(CC(=O)N2CCCCCC2)CC1. The number of nitrogens with zero attached hydrogens (tertiary/aromatic N) is 3. The highest BCUT2D eigenvalue weighted by Gasteiger charge is 2.24. The highest BCUT2D eigenvalue weighted by molar-refractivity contribution is 5.79. The van der Waals surface area contributed by atoms with E-state index in [9.17, 15) is 14.4 Å². The molecule has 26 heavy (non-hydrogen) atoms. The first-order valence-corrected chi connectivity index (χ1v) is 9.78. The largest absolute Gasteiger partial charge is 0.450 e. The van der Waals surface area contributed by atoms with E-state index in [2.05, 4.69) is 10.2 Å². The van der Waals surface area contributed by atoms with Gasteiger partial charge in [-0.05, 0) is 19.8 Å². The average Bonchev–Trinajstić information content (AvgIpc) is 2.92. The summed E-state index contributed by atoms with van der Waals surface area (Å²) in [4.78, 5) is 41.8. The minimum atomic E-state index is -0.489. The Labute approximate surface area is 155 Å². The maximum Gasteiger partial charge on any atom is 0.407 e. The number of carbonyl (C=O) groups excluding carboxylic acids is 3. The summed E-state index contributed by atoms with van der Waals surface area (Å²) in [6.07, 6.45) is 4.43. The molecule has 2 saturated heterocycles. The molecular weight excluding hydrogens is 336 g/mol. The van der Waals surface area contributed by atoms with Crippen molar-refractivity contribution in [1.29, 1.82) is 0 Å². The van der Waals surface area contributed by atoms with Gasteiger partial charge in [-0.25, -0.2) is 4.79 Å². The fraction of sp³-hybridized carbons (Fsp3) is 0.833. The third kappa shape index (κ3) is 6.82. The van der Waals surface area contributed by atoms with Crippen molar-refractivity contribution in [3.05, 3.63) is 0 Å². The van der Waals surface area contributed by atoms with Crippen LogP contribution in [0.1, 0.15) is 39.0 Å². The molecule has 0 atom stereocenters. The number of hydrogen-bond donors (Lipinski definition) is 1. The van der Waals surface area contributed by atoms with E-state index >= 15 is 0 Å². The van der Waals surface area contributed by atoms with E-state index in [1.54, 1.807) is 11.8 Å². The second kappa shape index (κ2) is 11.0. The third-order valence-corrected chi connectivity index (χ3v) is 4.93. The van der Waals surface area contributed by atoms with E-state index < -0.39 is 6.09 Å². The lowest BCUT2D eigenvalue weighted by Crippen LogP contribution is -2.52. The number of likely N-dealkylation sites (tertiary alicyclic amines) is 1. The van der Waals surface area contributed by atoms with Crippen LogP contribution in [0.15, 0.2) is 0 Å². The first kappa shape index (κ1) is 20.5. The van der Waals surface area contributed by atoms with Crippen molar-refractivity contribution < 1.29 is 19.1 Å². The summed E-state index contributed by atoms with van der Waals surface area (Å²) in [5.41, 5.74) is 0. The van der Waals surface area contributed by atoms with E-state index in [-0.39, 0.29) is 24.8 Å². The van der Waals surface area contributed by atoms with Crippen molar-refractivity contribution in [2.75, 3.05) is 59.0 Å². The molecule has 2 heterocycles. The van der Waals surface area contributed by atoms with Crippen LogP contribution in [0.25, 0.3) is 0 Å². The van der Waals surface area contributed by atoms with Crippen LogP contribution in [0.5, 0.6) is 0 Å². The molecule has 0 unspecified atom stereocenters. The molecular formula is C18H32N4O4. The van der Waals surface area contributed by atoms with Gasteiger partial charge in [0, 0.05) is 52.2 Å². The monoisotopic (exact) mass is 368 g/mol. The van der Waals surface area contributed by atoms with Gasteiger partial charge >= 0.3 is 6.09 Å². The molecule has 8 nitrogen and oxygen atoms in total. The standard InChI is InChI=1S/C18H32N4O4/c1-2-26-18(25)19-8-7-16(23)22-13-11-20(12-14-22)15-17(24)21-9-5-3-4-6-10-21/h2-15H2,1H3,(H,19,25). The molecule has 0 aromatic heterocycles. The van der Waals surface area contributed by atoms with Crippen LogP contribution in [0.2, 0.25) is 0 Å². The van der Waals surface area contributed by atoms with Crippen LogP contribution < -0.4 is 5.32 Å². The minimum Gasteiger partial charge on any atom is -0.450 e. The fourth-order valence-corrected chi connectivity index (χ4v) is 3.38. The smallest absolute Gasteiger partial charge is 0.407 e. The van der Waals surface area contributed by atoms with Gasteiger partial charge in [-0.2, -0.15) is 0 Å². The average molecular weight is 368 g/mol. The Hall–Kier alpha value is -1.83. The van der Waals surface area contributed by atoms with Crippen molar-refractivity contribution in [1.82, 2.24) is 20.0 Å². The molecule has 0 radical (unpaired) electrons. The van der Waals surface area contributed by atoms with E-state index in [1.807, 2.05) is 4.90 Å². The van der Waals surface area contributed by atoms with Gasteiger partial charge in [0.25, 0.3) is 0 Å². The third-order valence-electron chi connectivity index (χ3n) is 4.93. The zero-order chi connectivity index (χ0) is 18.8. The predicted molar refractivity (Wildman–Crippen MR) is 97.7 cm³/mol. The van der Waals surface area contributed by atoms with Crippen LogP contribution in [-0.2, 0) is 14.3 Å². The number of alkyl carbamates (subject to hydrolysis) is 1. The minimum absolute atomic E-state index is 0.0280. The summed E-state index contributed by atoms with van der Waals surface area (Å²) < 4.78 is 4.76. The maximum absolute atomic E-state index is 12.4. The molecule has 0 spiro atoms. The molecule has 2 rings (SSSR count). The zero-order valence-electron chi connectivity index (χ0n) is 15.9. The van der Waals surface area contributed by atoms with Crippen LogP contribution in [0, 0.1) is 0 Å². The predicted octanol–water partition coefficient (Wildman–Crippen LogP) is 0.669. The van der Waals surface area contributed by atoms with Crippen molar-refractivity contribution in [2.45, 2.75) is 39.0 Å². The highest BCUT2D eigenvalue weighted by Crippen LogP contribution is 2.11. The van der Waals surface area contributed by atoms with Crippen LogP contribution in [0.4, 0.5) is 4.79 Å². The number of carbonyl (C=O) groups is 3.